The molecule has 1 aromatic carbocycles. The molecule has 1 N–H and O–H groups in total. The molecule has 3 amide bonds. The van der Waals surface area contributed by atoms with E-state index < -0.39 is 0 Å². The van der Waals surface area contributed by atoms with Gasteiger partial charge < -0.3 is 15.1 Å². The van der Waals surface area contributed by atoms with Crippen molar-refractivity contribution >= 4 is 29.2 Å². The second kappa shape index (κ2) is 9.69. The summed E-state index contributed by atoms with van der Waals surface area (Å²) in [5.74, 6) is 0.396. The van der Waals surface area contributed by atoms with E-state index in [1.807, 2.05) is 35.8 Å². The highest BCUT2D eigenvalue weighted by Gasteiger charge is 2.35. The number of likely N-dealkylation sites (tertiary alicyclic amines) is 1. The van der Waals surface area contributed by atoms with Crippen LogP contribution in [0.4, 0.5) is 10.5 Å². The molecule has 2 aliphatic heterocycles. The largest absolute Gasteiger partial charge is 0.324 e. The third kappa shape index (κ3) is 5.31. The van der Waals surface area contributed by atoms with Gasteiger partial charge in [-0.1, -0.05) is 18.5 Å². The number of rotatable bonds is 4. The van der Waals surface area contributed by atoms with Gasteiger partial charge in [-0.2, -0.15) is 0 Å². The molecular formula is C25H32ClN5O2. The Kier molecular flexibility index (Phi) is 6.91. The van der Waals surface area contributed by atoms with Crippen molar-refractivity contribution in [3.05, 3.63) is 57.9 Å². The van der Waals surface area contributed by atoms with Crippen molar-refractivity contribution in [1.29, 1.82) is 0 Å². The molecule has 33 heavy (non-hydrogen) atoms. The summed E-state index contributed by atoms with van der Waals surface area (Å²) >= 11 is 6.41. The molecule has 2 fully saturated rings. The molecule has 2 saturated heterocycles. The summed E-state index contributed by atoms with van der Waals surface area (Å²) in [5, 5.41) is 3.57. The predicted octanol–water partition coefficient (Wildman–Crippen LogP) is 4.18. The quantitative estimate of drug-likeness (QED) is 0.729. The number of pyridine rings is 1. The van der Waals surface area contributed by atoms with Gasteiger partial charge in [-0.3, -0.25) is 14.7 Å². The number of urea groups is 1. The predicted molar refractivity (Wildman–Crippen MR) is 131 cm³/mol. The highest BCUT2D eigenvalue weighted by Crippen LogP contribution is 2.28. The third-order valence-corrected chi connectivity index (χ3v) is 6.81. The van der Waals surface area contributed by atoms with Gasteiger partial charge in [0, 0.05) is 67.9 Å². The van der Waals surface area contributed by atoms with Crippen molar-refractivity contribution in [1.82, 2.24) is 19.7 Å². The van der Waals surface area contributed by atoms with E-state index in [9.17, 15) is 9.59 Å². The number of hydrogen-bond donors (Lipinski definition) is 1. The summed E-state index contributed by atoms with van der Waals surface area (Å²) in [6.45, 7) is 12.9. The minimum Gasteiger partial charge on any atom is -0.324 e. The van der Waals surface area contributed by atoms with Gasteiger partial charge in [0.25, 0.3) is 5.91 Å². The Morgan fingerprint density at radius 3 is 2.52 bits per heavy atom. The number of carbonyl (C=O) groups is 2. The van der Waals surface area contributed by atoms with Crippen LogP contribution in [0.3, 0.4) is 0 Å². The van der Waals surface area contributed by atoms with Crippen molar-refractivity contribution in [2.75, 3.05) is 38.0 Å². The van der Waals surface area contributed by atoms with Crippen LogP contribution in [-0.4, -0.2) is 70.4 Å². The zero-order valence-electron chi connectivity index (χ0n) is 19.8. The fourth-order valence-corrected chi connectivity index (χ4v) is 4.81. The molecule has 7 nitrogen and oxygen atoms in total. The van der Waals surface area contributed by atoms with Crippen LogP contribution < -0.4 is 5.32 Å². The Morgan fingerprint density at radius 1 is 1.12 bits per heavy atom. The summed E-state index contributed by atoms with van der Waals surface area (Å²) in [7, 11) is 0. The maximum absolute atomic E-state index is 12.8. The first-order valence-corrected chi connectivity index (χ1v) is 11.9. The third-order valence-electron chi connectivity index (χ3n) is 6.59. The Morgan fingerprint density at radius 2 is 1.88 bits per heavy atom. The summed E-state index contributed by atoms with van der Waals surface area (Å²) in [6, 6.07) is 7.64. The van der Waals surface area contributed by atoms with Gasteiger partial charge in [-0.05, 0) is 62.1 Å². The molecular weight excluding hydrogens is 438 g/mol. The van der Waals surface area contributed by atoms with E-state index in [1.54, 1.807) is 18.3 Å². The van der Waals surface area contributed by atoms with E-state index in [1.165, 1.54) is 0 Å². The van der Waals surface area contributed by atoms with Crippen molar-refractivity contribution in [2.24, 2.45) is 5.92 Å². The van der Waals surface area contributed by atoms with Crippen molar-refractivity contribution < 1.29 is 9.59 Å². The maximum atomic E-state index is 12.8. The first kappa shape index (κ1) is 23.5. The second-order valence-electron chi connectivity index (χ2n) is 9.45. The fourth-order valence-electron chi connectivity index (χ4n) is 4.56. The van der Waals surface area contributed by atoms with Crippen molar-refractivity contribution in [3.63, 3.8) is 0 Å². The van der Waals surface area contributed by atoms with Gasteiger partial charge in [0.2, 0.25) is 0 Å². The number of piperazine rings is 1. The van der Waals surface area contributed by atoms with Gasteiger partial charge in [0.05, 0.1) is 5.56 Å². The summed E-state index contributed by atoms with van der Waals surface area (Å²) in [6.07, 6.45) is 1.58. The number of aryl methyl sites for hydroxylation is 1. The second-order valence-corrected chi connectivity index (χ2v) is 9.89. The lowest BCUT2D eigenvalue weighted by atomic mass is 10.0. The smallest absolute Gasteiger partial charge is 0.320 e. The molecule has 1 atom stereocenters. The van der Waals surface area contributed by atoms with Gasteiger partial charge >= 0.3 is 6.03 Å². The number of anilines is 1. The Labute approximate surface area is 200 Å². The molecule has 0 spiro atoms. The van der Waals surface area contributed by atoms with Crippen LogP contribution in [0, 0.1) is 19.8 Å². The van der Waals surface area contributed by atoms with E-state index in [-0.39, 0.29) is 18.0 Å². The molecule has 0 unspecified atom stereocenters. The lowest BCUT2D eigenvalue weighted by molar-refractivity contribution is 0.0525. The van der Waals surface area contributed by atoms with Gasteiger partial charge in [0.1, 0.15) is 0 Å². The first-order chi connectivity index (χ1) is 15.7. The van der Waals surface area contributed by atoms with Crippen LogP contribution in [0.5, 0.6) is 0 Å². The molecule has 2 aromatic rings. The zero-order valence-corrected chi connectivity index (χ0v) is 20.5. The molecule has 0 aliphatic carbocycles. The number of benzene rings is 1. The first-order valence-electron chi connectivity index (χ1n) is 11.5. The minimum absolute atomic E-state index is 0.148. The fraction of sp³-hybridized carbons (Fsp3) is 0.480. The number of nitrogens with one attached hydrogen (secondary N) is 1. The van der Waals surface area contributed by atoms with Crippen LogP contribution in [-0.2, 0) is 6.54 Å². The van der Waals surface area contributed by atoms with Crippen LogP contribution >= 0.6 is 11.6 Å². The van der Waals surface area contributed by atoms with E-state index in [2.05, 4.69) is 29.0 Å². The average Bonchev–Trinajstić information content (AvgIpc) is 2.75. The Hall–Kier alpha value is -2.64. The molecule has 176 valence electrons. The highest BCUT2D eigenvalue weighted by molar-refractivity contribution is 6.31. The molecule has 4 rings (SSSR count). The number of carbonyl (C=O) groups excluding carboxylic acids is 2. The Bertz CT molecular complexity index is 1040. The number of halogens is 1. The Balaban J connectivity index is 1.41. The van der Waals surface area contributed by atoms with Crippen molar-refractivity contribution in [3.8, 4) is 0 Å². The summed E-state index contributed by atoms with van der Waals surface area (Å²) < 4.78 is 0. The molecule has 3 heterocycles. The molecule has 0 saturated carbocycles. The molecule has 8 heteroatoms. The number of hydrogen-bond acceptors (Lipinski definition) is 4. The SMILES string of the molecule is Cc1ccc(C(=O)Nc2cc(Cl)cc(CN3CCN(C(=O)N4CC(C)C4)[C@@H](C)C3)c2C)cn1. The van der Waals surface area contributed by atoms with Crippen molar-refractivity contribution in [2.45, 2.75) is 40.3 Å². The van der Waals surface area contributed by atoms with Crippen LogP contribution in [0.15, 0.2) is 30.5 Å². The standard InChI is InChI=1S/C25H32ClN5O2/c1-16-12-30(13-16)25(33)31-8-7-29(14-18(31)3)15-21-9-22(26)10-23(19(21)4)28-24(32)20-6-5-17(2)27-11-20/h5-6,9-11,16,18H,7-8,12-15H2,1-4H3,(H,28,32)/t18-/m0/s1. The van der Waals surface area contributed by atoms with E-state index >= 15 is 0 Å². The molecule has 0 radical (unpaired) electrons. The molecule has 1 aromatic heterocycles. The molecule has 0 bridgehead atoms. The van der Waals surface area contributed by atoms with E-state index in [0.29, 0.717) is 35.3 Å². The van der Waals surface area contributed by atoms with Crippen LogP contribution in [0.2, 0.25) is 5.02 Å². The van der Waals surface area contributed by atoms with E-state index in [0.717, 1.165) is 43.0 Å². The highest BCUT2D eigenvalue weighted by atomic mass is 35.5. The van der Waals surface area contributed by atoms with E-state index in [4.69, 9.17) is 11.6 Å². The van der Waals surface area contributed by atoms with Crippen LogP contribution in [0.25, 0.3) is 0 Å². The summed E-state index contributed by atoms with van der Waals surface area (Å²) in [4.78, 5) is 35.9. The number of nitrogens with zero attached hydrogens (tertiary/aromatic N) is 4. The normalized spacial score (nSPS) is 19.4. The lowest BCUT2D eigenvalue weighted by Crippen LogP contribution is -2.60. The minimum atomic E-state index is -0.208. The zero-order chi connectivity index (χ0) is 23.7. The maximum Gasteiger partial charge on any atom is 0.320 e. The number of amides is 3. The molecule has 2 aliphatic rings. The van der Waals surface area contributed by atoms with Gasteiger partial charge in [-0.25, -0.2) is 4.79 Å². The number of aromatic nitrogens is 1. The topological polar surface area (TPSA) is 68.8 Å². The monoisotopic (exact) mass is 469 g/mol. The average molecular weight is 470 g/mol. The lowest BCUT2D eigenvalue weighted by Gasteiger charge is -2.46. The summed E-state index contributed by atoms with van der Waals surface area (Å²) in [5.41, 5.74) is 4.14. The van der Waals surface area contributed by atoms with Gasteiger partial charge in [0.15, 0.2) is 0 Å². The van der Waals surface area contributed by atoms with Crippen LogP contribution in [0.1, 0.15) is 41.0 Å². The van der Waals surface area contributed by atoms with Gasteiger partial charge in [-0.15, -0.1) is 0 Å².